The monoisotopic (exact) mass is 570 g/mol. The summed E-state index contributed by atoms with van der Waals surface area (Å²) < 4.78 is 35.2. The number of nitrogens with zero attached hydrogens (tertiary/aromatic N) is 6. The van der Waals surface area contributed by atoms with E-state index in [1.54, 1.807) is 44.2 Å². The number of aromatic nitrogens is 4. The van der Waals surface area contributed by atoms with Crippen molar-refractivity contribution in [2.45, 2.75) is 57.5 Å². The Labute approximate surface area is 239 Å². The molecular formula is C29H40F2N8O2. The molecule has 0 spiro atoms. The van der Waals surface area contributed by atoms with Crippen LogP contribution in [0, 0.1) is 5.92 Å². The summed E-state index contributed by atoms with van der Waals surface area (Å²) in [6, 6.07) is 9.18. The number of rotatable bonds is 10. The molecule has 0 amide bonds. The Morgan fingerprint density at radius 3 is 2.49 bits per heavy atom. The van der Waals surface area contributed by atoms with Crippen molar-refractivity contribution in [1.82, 2.24) is 24.4 Å². The Morgan fingerprint density at radius 2 is 1.80 bits per heavy atom. The number of benzene rings is 1. The summed E-state index contributed by atoms with van der Waals surface area (Å²) in [6.07, 6.45) is 1.21. The highest BCUT2D eigenvalue weighted by Crippen LogP contribution is 2.30. The predicted molar refractivity (Wildman–Crippen MR) is 155 cm³/mol. The standard InChI is InChI=1S/C29H40F2N8O2/c1-29(2,32)23(40)18-37(3)20-10-8-19(9-11-20)17-33-28-35-24(38-12-14-41-15-13-38)16-25(36-28)39-22-7-5-4-6-21(22)34-27(39)26(30)31/h4-7,16,19-20,26H,8-15,17-18,32H2,1-3H3,(H,33,35,36)/t19-,20-. The number of morpholine rings is 1. The molecule has 1 aliphatic heterocycles. The largest absolute Gasteiger partial charge is 0.378 e. The van der Waals surface area contributed by atoms with Crippen molar-refractivity contribution in [3.8, 4) is 5.82 Å². The maximum absolute atomic E-state index is 14.1. The number of anilines is 2. The molecule has 2 aromatic heterocycles. The number of ketones is 1. The van der Waals surface area contributed by atoms with Crippen molar-refractivity contribution < 1.29 is 18.3 Å². The van der Waals surface area contributed by atoms with Crippen molar-refractivity contribution >= 4 is 28.6 Å². The highest BCUT2D eigenvalue weighted by molar-refractivity contribution is 5.89. The summed E-state index contributed by atoms with van der Waals surface area (Å²) in [4.78, 5) is 30.3. The Hall–Kier alpha value is -3.22. The van der Waals surface area contributed by atoms with Crippen LogP contribution in [0.1, 0.15) is 51.8 Å². The van der Waals surface area contributed by atoms with Crippen molar-refractivity contribution in [2.24, 2.45) is 11.7 Å². The summed E-state index contributed by atoms with van der Waals surface area (Å²) in [5.74, 6) is 1.52. The number of para-hydroxylation sites is 2. The fraction of sp³-hybridized carbons (Fsp3) is 0.586. The first-order chi connectivity index (χ1) is 19.6. The lowest BCUT2D eigenvalue weighted by Crippen LogP contribution is -2.49. The van der Waals surface area contributed by atoms with Crippen molar-refractivity contribution in [3.63, 3.8) is 0 Å². The number of Topliss-reactive ketones (excluding diaryl/α,β-unsaturated/α-hetero) is 1. The average molecular weight is 571 g/mol. The van der Waals surface area contributed by atoms with E-state index >= 15 is 0 Å². The second-order valence-corrected chi connectivity index (χ2v) is 11.7. The fourth-order valence-electron chi connectivity index (χ4n) is 5.59. The highest BCUT2D eigenvalue weighted by Gasteiger charge is 2.29. The molecule has 1 saturated heterocycles. The zero-order valence-corrected chi connectivity index (χ0v) is 24.0. The first-order valence-electron chi connectivity index (χ1n) is 14.3. The van der Waals surface area contributed by atoms with E-state index in [1.807, 2.05) is 7.05 Å². The number of hydrogen-bond acceptors (Lipinski definition) is 9. The fourth-order valence-corrected chi connectivity index (χ4v) is 5.59. The van der Waals surface area contributed by atoms with Crippen LogP contribution in [-0.4, -0.2) is 88.2 Å². The van der Waals surface area contributed by atoms with Crippen LogP contribution in [0.25, 0.3) is 16.9 Å². The number of carbonyl (C=O) groups is 1. The van der Waals surface area contributed by atoms with Crippen LogP contribution >= 0.6 is 0 Å². The molecule has 0 unspecified atom stereocenters. The van der Waals surface area contributed by atoms with E-state index in [4.69, 9.17) is 20.4 Å². The molecule has 12 heteroatoms. The summed E-state index contributed by atoms with van der Waals surface area (Å²) >= 11 is 0. The van der Waals surface area contributed by atoms with E-state index in [1.165, 1.54) is 4.57 Å². The SMILES string of the molecule is CN(CC(=O)C(C)(C)N)[C@H]1CC[C@H](CNc2nc(N3CCOCC3)cc(-n3c(C(F)F)nc4ccccc43)n2)CC1. The van der Waals surface area contributed by atoms with Crippen molar-refractivity contribution in [3.05, 3.63) is 36.2 Å². The third kappa shape index (κ3) is 6.82. The second kappa shape index (κ2) is 12.3. The lowest BCUT2D eigenvalue weighted by atomic mass is 9.85. The normalized spacial score (nSPS) is 20.2. The van der Waals surface area contributed by atoms with Crippen LogP contribution in [0.4, 0.5) is 20.5 Å². The zero-order valence-electron chi connectivity index (χ0n) is 24.0. The molecule has 5 rings (SSSR count). The van der Waals surface area contributed by atoms with E-state index in [-0.39, 0.29) is 11.6 Å². The summed E-state index contributed by atoms with van der Waals surface area (Å²) in [5.41, 5.74) is 6.20. The van der Waals surface area contributed by atoms with Crippen LogP contribution in [0.3, 0.4) is 0 Å². The van der Waals surface area contributed by atoms with Gasteiger partial charge in [0.05, 0.1) is 36.3 Å². The zero-order chi connectivity index (χ0) is 29.1. The van der Waals surface area contributed by atoms with Gasteiger partial charge in [0.2, 0.25) is 5.95 Å². The minimum Gasteiger partial charge on any atom is -0.378 e. The molecule has 3 aromatic rings. The quantitative estimate of drug-likeness (QED) is 0.376. The van der Waals surface area contributed by atoms with Gasteiger partial charge in [-0.05, 0) is 64.6 Å². The van der Waals surface area contributed by atoms with Crippen LogP contribution in [0.15, 0.2) is 30.3 Å². The molecule has 2 fully saturated rings. The van der Waals surface area contributed by atoms with E-state index in [0.29, 0.717) is 80.0 Å². The van der Waals surface area contributed by atoms with E-state index in [9.17, 15) is 13.6 Å². The maximum Gasteiger partial charge on any atom is 0.296 e. The smallest absolute Gasteiger partial charge is 0.296 e. The molecule has 1 aliphatic carbocycles. The van der Waals surface area contributed by atoms with Gasteiger partial charge in [-0.25, -0.2) is 13.8 Å². The Bertz CT molecular complexity index is 1340. The van der Waals surface area contributed by atoms with Crippen molar-refractivity contribution in [2.75, 3.05) is 56.7 Å². The molecule has 10 nitrogen and oxygen atoms in total. The molecule has 0 bridgehead atoms. The number of imidazole rings is 1. The topological polar surface area (TPSA) is 114 Å². The minimum atomic E-state index is -2.76. The number of carbonyl (C=O) groups excluding carboxylic acids is 1. The van der Waals surface area contributed by atoms with Crippen LogP contribution in [-0.2, 0) is 9.53 Å². The van der Waals surface area contributed by atoms with Gasteiger partial charge < -0.3 is 20.7 Å². The molecule has 41 heavy (non-hydrogen) atoms. The lowest BCUT2D eigenvalue weighted by molar-refractivity contribution is -0.124. The first kappa shape index (κ1) is 29.3. The van der Waals surface area contributed by atoms with Gasteiger partial charge in [-0.1, -0.05) is 12.1 Å². The molecule has 3 heterocycles. The number of nitrogens with one attached hydrogen (secondary N) is 1. The van der Waals surface area contributed by atoms with Gasteiger partial charge in [-0.15, -0.1) is 0 Å². The van der Waals surface area contributed by atoms with Gasteiger partial charge in [0.25, 0.3) is 6.43 Å². The summed E-state index contributed by atoms with van der Waals surface area (Å²) in [5, 5.41) is 3.40. The maximum atomic E-state index is 14.1. The number of alkyl halides is 2. The molecule has 1 saturated carbocycles. The Balaban J connectivity index is 1.33. The van der Waals surface area contributed by atoms with Crippen molar-refractivity contribution in [1.29, 1.82) is 0 Å². The number of likely N-dealkylation sites (N-methyl/N-ethyl adjacent to an activating group) is 1. The summed E-state index contributed by atoms with van der Waals surface area (Å²) in [7, 11) is 1.99. The van der Waals surface area contributed by atoms with E-state index < -0.39 is 12.0 Å². The van der Waals surface area contributed by atoms with Crippen LogP contribution < -0.4 is 16.0 Å². The molecule has 3 N–H and O–H groups in total. The van der Waals surface area contributed by atoms with E-state index in [0.717, 1.165) is 25.7 Å². The van der Waals surface area contributed by atoms with Gasteiger partial charge in [-0.2, -0.15) is 9.97 Å². The number of hydrogen-bond donors (Lipinski definition) is 2. The molecular weight excluding hydrogens is 530 g/mol. The molecule has 222 valence electrons. The molecule has 0 atom stereocenters. The Morgan fingerprint density at radius 1 is 1.12 bits per heavy atom. The van der Waals surface area contributed by atoms with Gasteiger partial charge in [0, 0.05) is 31.7 Å². The number of nitrogens with two attached hydrogens (primary N) is 1. The predicted octanol–water partition coefficient (Wildman–Crippen LogP) is 3.80. The van der Waals surface area contributed by atoms with Crippen LogP contribution in [0.2, 0.25) is 0 Å². The Kier molecular flexibility index (Phi) is 8.81. The average Bonchev–Trinajstić information content (AvgIpc) is 3.36. The van der Waals surface area contributed by atoms with E-state index in [2.05, 4.69) is 20.1 Å². The van der Waals surface area contributed by atoms with Crippen LogP contribution in [0.5, 0.6) is 0 Å². The lowest BCUT2D eigenvalue weighted by Gasteiger charge is -2.35. The number of fused-ring (bicyclic) bond motifs is 1. The minimum absolute atomic E-state index is 0.0394. The molecule has 1 aromatic carbocycles. The molecule has 0 radical (unpaired) electrons. The summed E-state index contributed by atoms with van der Waals surface area (Å²) in [6.45, 7) is 6.98. The van der Waals surface area contributed by atoms with Gasteiger partial charge >= 0.3 is 0 Å². The highest BCUT2D eigenvalue weighted by atomic mass is 19.3. The third-order valence-electron chi connectivity index (χ3n) is 8.15. The van der Waals surface area contributed by atoms with Gasteiger partial charge in [0.1, 0.15) is 11.6 Å². The number of halogens is 2. The van der Waals surface area contributed by atoms with Gasteiger partial charge in [0.15, 0.2) is 11.6 Å². The van der Waals surface area contributed by atoms with Gasteiger partial charge in [-0.3, -0.25) is 14.3 Å². The number of ether oxygens (including phenoxy) is 1. The third-order valence-corrected chi connectivity index (χ3v) is 8.15. The first-order valence-corrected chi connectivity index (χ1v) is 14.3. The second-order valence-electron chi connectivity index (χ2n) is 11.7. The molecule has 2 aliphatic rings.